The zero-order valence-electron chi connectivity index (χ0n) is 14.3. The van der Waals surface area contributed by atoms with Gasteiger partial charge < -0.3 is 14.2 Å². The first kappa shape index (κ1) is 15.2. The number of H-pyrrole nitrogens is 1. The minimum Gasteiger partial charge on any atom is -0.378 e. The van der Waals surface area contributed by atoms with E-state index in [4.69, 9.17) is 4.74 Å². The molecule has 0 unspecified atom stereocenters. The van der Waals surface area contributed by atoms with Crippen LogP contribution in [0.15, 0.2) is 61.3 Å². The van der Waals surface area contributed by atoms with Crippen molar-refractivity contribution in [1.82, 2.24) is 19.7 Å². The number of aromatic nitrogens is 4. The van der Waals surface area contributed by atoms with E-state index in [0.717, 1.165) is 48.5 Å². The van der Waals surface area contributed by atoms with Gasteiger partial charge in [0, 0.05) is 42.1 Å². The molecule has 1 aliphatic rings. The number of hydrogen-bond donors (Lipinski definition) is 1. The first-order valence-electron chi connectivity index (χ1n) is 8.77. The van der Waals surface area contributed by atoms with Gasteiger partial charge >= 0.3 is 0 Å². The third-order valence-corrected chi connectivity index (χ3v) is 4.89. The number of anilines is 1. The van der Waals surface area contributed by atoms with Crippen molar-refractivity contribution < 1.29 is 4.74 Å². The highest BCUT2D eigenvalue weighted by molar-refractivity contribution is 5.86. The van der Waals surface area contributed by atoms with Crippen LogP contribution in [0.5, 0.6) is 0 Å². The van der Waals surface area contributed by atoms with Gasteiger partial charge in [0.2, 0.25) is 0 Å². The van der Waals surface area contributed by atoms with E-state index in [-0.39, 0.29) is 0 Å². The predicted molar refractivity (Wildman–Crippen MR) is 102 cm³/mol. The van der Waals surface area contributed by atoms with Crippen molar-refractivity contribution in [3.05, 3.63) is 61.3 Å². The highest BCUT2D eigenvalue weighted by Gasteiger charge is 2.15. The summed E-state index contributed by atoms with van der Waals surface area (Å²) in [7, 11) is 0. The Morgan fingerprint density at radius 3 is 2.81 bits per heavy atom. The minimum absolute atomic E-state index is 0.776. The van der Waals surface area contributed by atoms with E-state index in [2.05, 4.69) is 61.0 Å². The summed E-state index contributed by atoms with van der Waals surface area (Å²) in [6, 6.07) is 13.0. The van der Waals surface area contributed by atoms with Crippen molar-refractivity contribution in [3.8, 4) is 16.8 Å². The van der Waals surface area contributed by atoms with Crippen LogP contribution in [0.2, 0.25) is 0 Å². The summed E-state index contributed by atoms with van der Waals surface area (Å²) in [5, 5.41) is 8.32. The number of benzene rings is 2. The lowest BCUT2D eigenvalue weighted by molar-refractivity contribution is 0.122. The minimum atomic E-state index is 0.776. The molecule has 0 saturated carbocycles. The Kier molecular flexibility index (Phi) is 3.68. The number of aromatic amines is 1. The molecule has 0 amide bonds. The van der Waals surface area contributed by atoms with E-state index >= 15 is 0 Å². The van der Waals surface area contributed by atoms with Crippen molar-refractivity contribution in [2.24, 2.45) is 0 Å². The summed E-state index contributed by atoms with van der Waals surface area (Å²) in [6.45, 7) is 3.39. The van der Waals surface area contributed by atoms with Crippen LogP contribution in [0, 0.1) is 0 Å². The second-order valence-electron chi connectivity index (χ2n) is 6.44. The molecule has 1 fully saturated rings. The monoisotopic (exact) mass is 345 g/mol. The number of morpholine rings is 1. The van der Waals surface area contributed by atoms with Crippen LogP contribution in [-0.4, -0.2) is 46.1 Å². The zero-order chi connectivity index (χ0) is 17.3. The third kappa shape index (κ3) is 2.64. The fourth-order valence-electron chi connectivity index (χ4n) is 3.50. The molecule has 1 saturated heterocycles. The number of ether oxygens (including phenoxy) is 1. The average molecular weight is 345 g/mol. The fraction of sp³-hybridized carbons (Fsp3) is 0.200. The van der Waals surface area contributed by atoms with Gasteiger partial charge in [-0.25, -0.2) is 4.98 Å². The lowest BCUT2D eigenvalue weighted by atomic mass is 10.0. The van der Waals surface area contributed by atoms with E-state index < -0.39 is 0 Å². The highest BCUT2D eigenvalue weighted by Crippen LogP contribution is 2.33. The molecule has 3 heterocycles. The molecule has 2 aromatic heterocycles. The molecule has 6 nitrogen and oxygen atoms in total. The molecule has 0 bridgehead atoms. The van der Waals surface area contributed by atoms with Gasteiger partial charge in [-0.3, -0.25) is 5.10 Å². The van der Waals surface area contributed by atoms with Crippen LogP contribution in [0.25, 0.3) is 27.7 Å². The number of rotatable bonds is 3. The van der Waals surface area contributed by atoms with Crippen molar-refractivity contribution in [1.29, 1.82) is 0 Å². The maximum absolute atomic E-state index is 5.49. The van der Waals surface area contributed by atoms with Gasteiger partial charge in [-0.1, -0.05) is 12.1 Å². The third-order valence-electron chi connectivity index (χ3n) is 4.89. The second-order valence-corrected chi connectivity index (χ2v) is 6.44. The highest BCUT2D eigenvalue weighted by atomic mass is 16.5. The van der Waals surface area contributed by atoms with Gasteiger partial charge in [-0.2, -0.15) is 5.10 Å². The zero-order valence-corrected chi connectivity index (χ0v) is 14.3. The van der Waals surface area contributed by atoms with E-state index in [0.29, 0.717) is 0 Å². The molecule has 0 atom stereocenters. The maximum atomic E-state index is 5.49. The molecule has 5 rings (SSSR count). The van der Waals surface area contributed by atoms with Crippen LogP contribution >= 0.6 is 0 Å². The molecule has 0 aliphatic carbocycles. The Bertz CT molecular complexity index is 1030. The molecule has 2 aromatic carbocycles. The Balaban J connectivity index is 1.66. The largest absolute Gasteiger partial charge is 0.378 e. The molecule has 0 radical (unpaired) electrons. The van der Waals surface area contributed by atoms with Gasteiger partial charge in [-0.15, -0.1) is 0 Å². The number of hydrogen-bond acceptors (Lipinski definition) is 4. The summed E-state index contributed by atoms with van der Waals surface area (Å²) in [4.78, 5) is 6.58. The van der Waals surface area contributed by atoms with Crippen molar-refractivity contribution in [3.63, 3.8) is 0 Å². The van der Waals surface area contributed by atoms with Crippen LogP contribution < -0.4 is 4.90 Å². The van der Waals surface area contributed by atoms with Crippen molar-refractivity contribution in [2.45, 2.75) is 0 Å². The molecule has 0 spiro atoms. The predicted octanol–water partition coefficient (Wildman–Crippen LogP) is 3.25. The lowest BCUT2D eigenvalue weighted by Crippen LogP contribution is -2.36. The van der Waals surface area contributed by atoms with Gasteiger partial charge in [-0.05, 0) is 29.8 Å². The van der Waals surface area contributed by atoms with Gasteiger partial charge in [0.25, 0.3) is 0 Å². The standard InChI is InChI=1S/C20H19N5O/c1-2-16-13-22-23-19(16)11-15(1)18-12-17(24-7-9-26-10-8-24)3-4-20(18)25-6-5-21-14-25/h1-6,11-14H,7-10H2,(H,22,23). The second kappa shape index (κ2) is 6.31. The Hall–Kier alpha value is -3.12. The molecular formula is C20H19N5O. The van der Waals surface area contributed by atoms with E-state index in [1.807, 2.05) is 18.7 Å². The van der Waals surface area contributed by atoms with Crippen LogP contribution in [0.4, 0.5) is 5.69 Å². The smallest absolute Gasteiger partial charge is 0.0991 e. The lowest BCUT2D eigenvalue weighted by Gasteiger charge is -2.29. The quantitative estimate of drug-likeness (QED) is 0.619. The van der Waals surface area contributed by atoms with Gasteiger partial charge in [0.1, 0.15) is 0 Å². The first-order valence-corrected chi connectivity index (χ1v) is 8.77. The molecule has 6 heteroatoms. The van der Waals surface area contributed by atoms with E-state index in [1.165, 1.54) is 11.3 Å². The summed E-state index contributed by atoms with van der Waals surface area (Å²) < 4.78 is 7.54. The average Bonchev–Trinajstić information content (AvgIpc) is 3.39. The summed E-state index contributed by atoms with van der Waals surface area (Å²) >= 11 is 0. The van der Waals surface area contributed by atoms with Crippen LogP contribution in [-0.2, 0) is 4.74 Å². The van der Waals surface area contributed by atoms with Crippen LogP contribution in [0.1, 0.15) is 0 Å². The topological polar surface area (TPSA) is 59.0 Å². The normalized spacial score (nSPS) is 14.8. The number of imidazole rings is 1. The van der Waals surface area contributed by atoms with Crippen molar-refractivity contribution >= 4 is 16.6 Å². The van der Waals surface area contributed by atoms with Crippen molar-refractivity contribution in [2.75, 3.05) is 31.2 Å². The molecular weight excluding hydrogens is 326 g/mol. The van der Waals surface area contributed by atoms with Crippen LogP contribution in [0.3, 0.4) is 0 Å². The Morgan fingerprint density at radius 2 is 1.96 bits per heavy atom. The number of nitrogens with zero attached hydrogens (tertiary/aromatic N) is 4. The number of nitrogens with one attached hydrogen (secondary N) is 1. The van der Waals surface area contributed by atoms with Gasteiger partial charge in [0.15, 0.2) is 0 Å². The summed E-state index contributed by atoms with van der Waals surface area (Å²) in [5.41, 5.74) is 5.69. The Labute approximate surface area is 151 Å². The SMILES string of the molecule is c1cn(-c2ccc(N3CCOCC3)cc2-c2ccc3cn[nH]c3c2)cn1. The first-order chi connectivity index (χ1) is 12.9. The summed E-state index contributed by atoms with van der Waals surface area (Å²) in [6.07, 6.45) is 7.46. The molecule has 1 aliphatic heterocycles. The molecule has 4 aromatic rings. The maximum Gasteiger partial charge on any atom is 0.0991 e. The van der Waals surface area contributed by atoms with Gasteiger partial charge in [0.05, 0.1) is 36.9 Å². The Morgan fingerprint density at radius 1 is 1.04 bits per heavy atom. The fourth-order valence-corrected chi connectivity index (χ4v) is 3.50. The van der Waals surface area contributed by atoms with E-state index in [1.54, 1.807) is 6.20 Å². The molecule has 130 valence electrons. The molecule has 26 heavy (non-hydrogen) atoms. The molecule has 1 N–H and O–H groups in total. The summed E-state index contributed by atoms with van der Waals surface area (Å²) in [5.74, 6) is 0. The number of fused-ring (bicyclic) bond motifs is 1. The van der Waals surface area contributed by atoms with E-state index in [9.17, 15) is 0 Å².